The molecule has 2 saturated carbocycles. The standard InChI is InChI=1S/C19H33ClN4O3S/c1-11(2)27-15-8-6-14(7-9-15)21-18(26)16-19(28-24-23-16)22-17(25)12-4-3-5-13(20)10-12/h11-16,19,23-24H,3-10H2,1-2H3,(H,21,26)(H,22,25). The Kier molecular flexibility index (Phi) is 8.29. The van der Waals surface area contributed by atoms with Gasteiger partial charge in [0.1, 0.15) is 11.4 Å². The molecule has 1 heterocycles. The summed E-state index contributed by atoms with van der Waals surface area (Å²) in [5, 5.41) is 5.91. The largest absolute Gasteiger partial charge is 0.376 e. The minimum absolute atomic E-state index is 0.00232. The van der Waals surface area contributed by atoms with Crippen molar-refractivity contribution in [1.29, 1.82) is 0 Å². The van der Waals surface area contributed by atoms with Crippen molar-refractivity contribution < 1.29 is 14.3 Å². The molecule has 9 heteroatoms. The van der Waals surface area contributed by atoms with Gasteiger partial charge >= 0.3 is 0 Å². The zero-order valence-electron chi connectivity index (χ0n) is 16.7. The Hall–Kier alpha value is -0.540. The molecule has 28 heavy (non-hydrogen) atoms. The molecule has 1 aliphatic heterocycles. The van der Waals surface area contributed by atoms with Crippen LogP contribution in [0.25, 0.3) is 0 Å². The Labute approximate surface area is 176 Å². The van der Waals surface area contributed by atoms with E-state index in [0.717, 1.165) is 44.9 Å². The summed E-state index contributed by atoms with van der Waals surface area (Å²) in [5.41, 5.74) is 2.98. The highest BCUT2D eigenvalue weighted by Crippen LogP contribution is 2.29. The molecule has 0 bridgehead atoms. The fourth-order valence-electron chi connectivity index (χ4n) is 4.27. The molecule has 0 spiro atoms. The Bertz CT molecular complexity index is 545. The van der Waals surface area contributed by atoms with Crippen molar-refractivity contribution >= 4 is 35.4 Å². The van der Waals surface area contributed by atoms with Crippen LogP contribution in [0.4, 0.5) is 0 Å². The summed E-state index contributed by atoms with van der Waals surface area (Å²) in [6, 6.07) is -0.326. The van der Waals surface area contributed by atoms with E-state index < -0.39 is 6.04 Å². The molecular weight excluding hydrogens is 400 g/mol. The van der Waals surface area contributed by atoms with Gasteiger partial charge in [-0.3, -0.25) is 9.59 Å². The van der Waals surface area contributed by atoms with Gasteiger partial charge < -0.3 is 15.4 Å². The number of rotatable bonds is 6. The van der Waals surface area contributed by atoms with E-state index in [4.69, 9.17) is 16.3 Å². The average Bonchev–Trinajstić information content (AvgIpc) is 3.11. The zero-order chi connectivity index (χ0) is 20.1. The maximum absolute atomic E-state index is 12.8. The SMILES string of the molecule is CC(C)OC1CCC(NC(=O)C2NNSC2NC(=O)C2CCCC(Cl)C2)CC1. The second-order valence-electron chi connectivity index (χ2n) is 8.40. The molecule has 3 rings (SSSR count). The Morgan fingerprint density at radius 2 is 1.82 bits per heavy atom. The Morgan fingerprint density at radius 3 is 2.50 bits per heavy atom. The highest BCUT2D eigenvalue weighted by molar-refractivity contribution is 7.98. The third-order valence-electron chi connectivity index (χ3n) is 5.74. The summed E-state index contributed by atoms with van der Waals surface area (Å²) in [6.07, 6.45) is 7.85. The summed E-state index contributed by atoms with van der Waals surface area (Å²) < 4.78 is 5.87. The topological polar surface area (TPSA) is 91.5 Å². The van der Waals surface area contributed by atoms with Crippen LogP contribution in [0.5, 0.6) is 0 Å². The van der Waals surface area contributed by atoms with Crippen molar-refractivity contribution in [3.8, 4) is 0 Å². The third kappa shape index (κ3) is 6.23. The Morgan fingerprint density at radius 1 is 1.07 bits per heavy atom. The lowest BCUT2D eigenvalue weighted by Gasteiger charge is -2.31. The first kappa shape index (κ1) is 22.2. The molecule has 4 N–H and O–H groups in total. The number of amides is 2. The smallest absolute Gasteiger partial charge is 0.241 e. The van der Waals surface area contributed by atoms with E-state index in [9.17, 15) is 9.59 Å². The number of carbonyl (C=O) groups excluding carboxylic acids is 2. The van der Waals surface area contributed by atoms with Crippen LogP contribution in [0.15, 0.2) is 0 Å². The minimum Gasteiger partial charge on any atom is -0.376 e. The van der Waals surface area contributed by atoms with Crippen LogP contribution >= 0.6 is 23.5 Å². The molecule has 7 nitrogen and oxygen atoms in total. The van der Waals surface area contributed by atoms with Crippen LogP contribution < -0.4 is 20.9 Å². The van der Waals surface area contributed by atoms with Gasteiger partial charge in [0.25, 0.3) is 0 Å². The number of halogens is 1. The summed E-state index contributed by atoms with van der Waals surface area (Å²) in [4.78, 5) is 28.3. The van der Waals surface area contributed by atoms with Gasteiger partial charge in [0, 0.05) is 17.3 Å². The second kappa shape index (κ2) is 10.5. The van der Waals surface area contributed by atoms with E-state index in [-0.39, 0.29) is 40.6 Å². The fraction of sp³-hybridized carbons (Fsp3) is 0.895. The Balaban J connectivity index is 1.45. The summed E-state index contributed by atoms with van der Waals surface area (Å²) in [6.45, 7) is 4.11. The molecule has 0 aromatic rings. The number of alkyl halides is 1. The highest BCUT2D eigenvalue weighted by Gasteiger charge is 2.38. The molecule has 3 fully saturated rings. The lowest BCUT2D eigenvalue weighted by atomic mass is 9.88. The lowest BCUT2D eigenvalue weighted by molar-refractivity contribution is -0.127. The first-order valence-corrected chi connectivity index (χ1v) is 11.8. The van der Waals surface area contributed by atoms with Crippen LogP contribution in [0, 0.1) is 5.92 Å². The van der Waals surface area contributed by atoms with E-state index in [1.807, 2.05) is 0 Å². The van der Waals surface area contributed by atoms with Crippen molar-refractivity contribution in [3.05, 3.63) is 0 Å². The lowest BCUT2D eigenvalue weighted by Crippen LogP contribution is -2.55. The number of hydrogen-bond acceptors (Lipinski definition) is 6. The van der Waals surface area contributed by atoms with E-state index in [1.54, 1.807) is 0 Å². The van der Waals surface area contributed by atoms with Crippen molar-refractivity contribution in [2.24, 2.45) is 5.92 Å². The van der Waals surface area contributed by atoms with Gasteiger partial charge in [-0.1, -0.05) is 6.42 Å². The maximum Gasteiger partial charge on any atom is 0.241 e. The molecule has 1 saturated heterocycles. The third-order valence-corrected chi connectivity index (χ3v) is 7.01. The number of nitrogens with one attached hydrogen (secondary N) is 4. The van der Waals surface area contributed by atoms with Crippen LogP contribution in [0.1, 0.15) is 65.2 Å². The monoisotopic (exact) mass is 432 g/mol. The van der Waals surface area contributed by atoms with Crippen molar-refractivity contribution in [2.75, 3.05) is 0 Å². The predicted molar refractivity (Wildman–Crippen MR) is 112 cm³/mol. The maximum atomic E-state index is 12.8. The molecule has 2 aliphatic carbocycles. The molecule has 0 radical (unpaired) electrons. The minimum atomic E-state index is -0.492. The summed E-state index contributed by atoms with van der Waals surface area (Å²) in [7, 11) is 0. The summed E-state index contributed by atoms with van der Waals surface area (Å²) >= 11 is 7.55. The normalized spacial score (nSPS) is 36.3. The van der Waals surface area contributed by atoms with Crippen molar-refractivity contribution in [1.82, 2.24) is 20.9 Å². The number of hydrogen-bond donors (Lipinski definition) is 4. The number of hydrazine groups is 1. The van der Waals surface area contributed by atoms with Gasteiger partial charge in [0.15, 0.2) is 0 Å². The van der Waals surface area contributed by atoms with Crippen LogP contribution in [0.2, 0.25) is 0 Å². The number of carbonyl (C=O) groups is 2. The quantitative estimate of drug-likeness (QED) is 0.380. The first-order valence-electron chi connectivity index (χ1n) is 10.5. The van der Waals surface area contributed by atoms with E-state index in [2.05, 4.69) is 34.7 Å². The average molecular weight is 433 g/mol. The molecule has 0 aromatic carbocycles. The van der Waals surface area contributed by atoms with Crippen molar-refractivity contribution in [3.63, 3.8) is 0 Å². The van der Waals surface area contributed by atoms with Crippen LogP contribution in [-0.2, 0) is 14.3 Å². The van der Waals surface area contributed by atoms with Gasteiger partial charge in [0.2, 0.25) is 11.8 Å². The van der Waals surface area contributed by atoms with E-state index >= 15 is 0 Å². The van der Waals surface area contributed by atoms with Crippen LogP contribution in [0.3, 0.4) is 0 Å². The molecule has 4 atom stereocenters. The summed E-state index contributed by atoms with van der Waals surface area (Å²) in [5.74, 6) is -0.134. The first-order chi connectivity index (χ1) is 13.4. The van der Waals surface area contributed by atoms with Gasteiger partial charge in [0.05, 0.1) is 12.2 Å². The van der Waals surface area contributed by atoms with Gasteiger partial charge in [-0.2, -0.15) is 4.83 Å². The van der Waals surface area contributed by atoms with Gasteiger partial charge in [-0.05, 0) is 70.7 Å². The molecule has 0 aromatic heterocycles. The molecule has 4 unspecified atom stereocenters. The number of ether oxygens (including phenoxy) is 1. The van der Waals surface area contributed by atoms with Crippen molar-refractivity contribution in [2.45, 2.75) is 100 Å². The van der Waals surface area contributed by atoms with E-state index in [0.29, 0.717) is 12.5 Å². The predicted octanol–water partition coefficient (Wildman–Crippen LogP) is 2.20. The fourth-order valence-corrected chi connectivity index (χ4v) is 5.46. The van der Waals surface area contributed by atoms with Gasteiger partial charge in [-0.25, -0.2) is 5.43 Å². The van der Waals surface area contributed by atoms with Gasteiger partial charge in [-0.15, -0.1) is 11.6 Å². The van der Waals surface area contributed by atoms with E-state index in [1.165, 1.54) is 11.9 Å². The highest BCUT2D eigenvalue weighted by atomic mass is 35.5. The molecule has 160 valence electrons. The molecular formula is C19H33ClN4O3S. The second-order valence-corrected chi connectivity index (χ2v) is 9.96. The van der Waals surface area contributed by atoms with Crippen LogP contribution in [-0.4, -0.2) is 46.9 Å². The molecule has 3 aliphatic rings. The zero-order valence-corrected chi connectivity index (χ0v) is 18.3. The molecule has 2 amide bonds.